The third-order valence-electron chi connectivity index (χ3n) is 3.76. The second-order valence-corrected chi connectivity index (χ2v) is 5.31. The topological polar surface area (TPSA) is 113 Å². The number of hydrogen-bond acceptors (Lipinski definition) is 4. The van der Waals surface area contributed by atoms with Crippen LogP contribution in [0.2, 0.25) is 0 Å². The molecule has 1 saturated heterocycles. The zero-order valence-electron chi connectivity index (χ0n) is 10.7. The van der Waals surface area contributed by atoms with Gasteiger partial charge in [-0.3, -0.25) is 19.3 Å². The van der Waals surface area contributed by atoms with Gasteiger partial charge in [-0.1, -0.05) is 0 Å². The van der Waals surface area contributed by atoms with Gasteiger partial charge >= 0.3 is 5.97 Å². The molecular weight excluding hydrogens is 250 g/mol. The van der Waals surface area contributed by atoms with Crippen molar-refractivity contribution in [2.45, 2.75) is 25.3 Å². The molecule has 2 atom stereocenters. The number of aliphatic carboxylic acids is 1. The Bertz CT molecular complexity index is 390. The highest BCUT2D eigenvalue weighted by Gasteiger charge is 2.48. The Labute approximate surface area is 111 Å². The van der Waals surface area contributed by atoms with Crippen LogP contribution in [-0.2, 0) is 14.4 Å². The maximum atomic E-state index is 11.8. The first-order valence-electron chi connectivity index (χ1n) is 6.51. The van der Waals surface area contributed by atoms with Gasteiger partial charge in [0.2, 0.25) is 11.8 Å². The van der Waals surface area contributed by atoms with Gasteiger partial charge in [-0.25, -0.2) is 0 Å². The minimum Gasteiger partial charge on any atom is -0.481 e. The van der Waals surface area contributed by atoms with Crippen molar-refractivity contribution in [3.05, 3.63) is 0 Å². The van der Waals surface area contributed by atoms with Gasteiger partial charge in [-0.15, -0.1) is 0 Å². The van der Waals surface area contributed by atoms with Gasteiger partial charge in [0.1, 0.15) is 0 Å². The molecule has 1 aliphatic carbocycles. The van der Waals surface area contributed by atoms with Crippen LogP contribution in [0.1, 0.15) is 19.3 Å². The van der Waals surface area contributed by atoms with Gasteiger partial charge in [0.05, 0.1) is 18.4 Å². The molecule has 2 unspecified atom stereocenters. The van der Waals surface area contributed by atoms with Crippen molar-refractivity contribution in [1.82, 2.24) is 10.2 Å². The molecule has 2 rings (SSSR count). The quantitative estimate of drug-likeness (QED) is 0.578. The Hall–Kier alpha value is -1.63. The molecule has 0 aromatic rings. The molecule has 19 heavy (non-hydrogen) atoms. The average Bonchev–Trinajstić information content (AvgIpc) is 3.11. The third kappa shape index (κ3) is 3.66. The number of nitrogens with one attached hydrogen (secondary N) is 1. The van der Waals surface area contributed by atoms with E-state index in [1.807, 2.05) is 4.90 Å². The Balaban J connectivity index is 1.70. The van der Waals surface area contributed by atoms with Gasteiger partial charge in [0.25, 0.3) is 0 Å². The van der Waals surface area contributed by atoms with Gasteiger partial charge in [0.15, 0.2) is 0 Å². The first-order chi connectivity index (χ1) is 8.97. The molecule has 0 radical (unpaired) electrons. The standard InChI is InChI=1S/C12H19N3O4/c13-10(16)6-15-3-1-7(2-4-15)14-11(17)8-5-9(8)12(18)19/h7-9H,1-6H2,(H2,13,16)(H,14,17)(H,18,19). The summed E-state index contributed by atoms with van der Waals surface area (Å²) >= 11 is 0. The van der Waals surface area contributed by atoms with Crippen molar-refractivity contribution in [3.8, 4) is 0 Å². The van der Waals surface area contributed by atoms with Crippen molar-refractivity contribution in [1.29, 1.82) is 0 Å². The lowest BCUT2D eigenvalue weighted by Gasteiger charge is -2.31. The molecule has 4 N–H and O–H groups in total. The number of carbonyl (C=O) groups is 3. The maximum Gasteiger partial charge on any atom is 0.307 e. The highest BCUT2D eigenvalue weighted by atomic mass is 16.4. The number of nitrogens with zero attached hydrogens (tertiary/aromatic N) is 1. The zero-order valence-corrected chi connectivity index (χ0v) is 10.7. The second kappa shape index (κ2) is 5.56. The molecule has 0 aromatic heterocycles. The van der Waals surface area contributed by atoms with Gasteiger partial charge in [0, 0.05) is 19.1 Å². The Morgan fingerprint density at radius 2 is 1.84 bits per heavy atom. The first kappa shape index (κ1) is 13.8. The van der Waals surface area contributed by atoms with Gasteiger partial charge in [-0.05, 0) is 19.3 Å². The minimum absolute atomic E-state index is 0.0756. The monoisotopic (exact) mass is 269 g/mol. The first-order valence-corrected chi connectivity index (χ1v) is 6.51. The number of piperidine rings is 1. The molecule has 2 amide bonds. The number of carboxylic acid groups (broad SMARTS) is 1. The maximum absolute atomic E-state index is 11.8. The normalized spacial score (nSPS) is 27.8. The van der Waals surface area contributed by atoms with Gasteiger partial charge in [-0.2, -0.15) is 0 Å². The van der Waals surface area contributed by atoms with Crippen LogP contribution in [0.25, 0.3) is 0 Å². The van der Waals surface area contributed by atoms with Gasteiger partial charge < -0.3 is 16.2 Å². The van der Waals surface area contributed by atoms with E-state index in [9.17, 15) is 14.4 Å². The molecule has 106 valence electrons. The fourth-order valence-electron chi connectivity index (χ4n) is 2.52. The minimum atomic E-state index is -0.892. The Morgan fingerprint density at radius 1 is 1.21 bits per heavy atom. The highest BCUT2D eigenvalue weighted by molar-refractivity contribution is 5.89. The van der Waals surface area contributed by atoms with E-state index in [4.69, 9.17) is 10.8 Å². The summed E-state index contributed by atoms with van der Waals surface area (Å²) in [4.78, 5) is 35.2. The average molecular weight is 269 g/mol. The lowest BCUT2D eigenvalue weighted by Crippen LogP contribution is -2.47. The van der Waals surface area contributed by atoms with E-state index in [0.717, 1.165) is 25.9 Å². The largest absolute Gasteiger partial charge is 0.481 e. The molecule has 7 heteroatoms. The van der Waals surface area contributed by atoms with Crippen LogP contribution in [0.3, 0.4) is 0 Å². The summed E-state index contributed by atoms with van der Waals surface area (Å²) in [7, 11) is 0. The van der Waals surface area contributed by atoms with Crippen molar-refractivity contribution in [2.75, 3.05) is 19.6 Å². The molecule has 7 nitrogen and oxygen atoms in total. The summed E-state index contributed by atoms with van der Waals surface area (Å²) in [6.45, 7) is 1.70. The van der Waals surface area contributed by atoms with E-state index >= 15 is 0 Å². The number of nitrogens with two attached hydrogens (primary N) is 1. The molecule has 1 saturated carbocycles. The van der Waals surface area contributed by atoms with Crippen molar-refractivity contribution >= 4 is 17.8 Å². The van der Waals surface area contributed by atoms with E-state index in [1.54, 1.807) is 0 Å². The molecule has 0 bridgehead atoms. The summed E-state index contributed by atoms with van der Waals surface area (Å²) in [5, 5.41) is 11.7. The number of carbonyl (C=O) groups excluding carboxylic acids is 2. The molecular formula is C12H19N3O4. The molecule has 2 aliphatic rings. The number of carboxylic acids is 1. The second-order valence-electron chi connectivity index (χ2n) is 5.31. The Kier molecular flexibility index (Phi) is 4.04. The lowest BCUT2D eigenvalue weighted by molar-refractivity contribution is -0.140. The third-order valence-corrected chi connectivity index (χ3v) is 3.76. The number of likely N-dealkylation sites (tertiary alicyclic amines) is 1. The van der Waals surface area contributed by atoms with Crippen LogP contribution in [0.15, 0.2) is 0 Å². The van der Waals surface area contributed by atoms with Crippen molar-refractivity contribution < 1.29 is 19.5 Å². The molecule has 2 fully saturated rings. The molecule has 0 spiro atoms. The smallest absolute Gasteiger partial charge is 0.307 e. The van der Waals surface area contributed by atoms with Crippen molar-refractivity contribution in [3.63, 3.8) is 0 Å². The van der Waals surface area contributed by atoms with E-state index in [2.05, 4.69) is 5.32 Å². The van der Waals surface area contributed by atoms with E-state index in [1.165, 1.54) is 0 Å². The number of hydrogen-bond donors (Lipinski definition) is 3. The van der Waals surface area contributed by atoms with E-state index in [0.29, 0.717) is 6.42 Å². The molecule has 0 aromatic carbocycles. The molecule has 1 heterocycles. The fraction of sp³-hybridized carbons (Fsp3) is 0.750. The van der Waals surface area contributed by atoms with Crippen LogP contribution in [0.4, 0.5) is 0 Å². The lowest BCUT2D eigenvalue weighted by atomic mass is 10.0. The van der Waals surface area contributed by atoms with E-state index in [-0.39, 0.29) is 30.3 Å². The number of rotatable bonds is 5. The Morgan fingerprint density at radius 3 is 2.32 bits per heavy atom. The fourth-order valence-corrected chi connectivity index (χ4v) is 2.52. The van der Waals surface area contributed by atoms with Crippen molar-refractivity contribution in [2.24, 2.45) is 17.6 Å². The van der Waals surface area contributed by atoms with E-state index < -0.39 is 11.9 Å². The predicted molar refractivity (Wildman–Crippen MR) is 66.0 cm³/mol. The SMILES string of the molecule is NC(=O)CN1CCC(NC(=O)C2CC2C(=O)O)CC1. The van der Waals surface area contributed by atoms with Crippen LogP contribution in [0.5, 0.6) is 0 Å². The summed E-state index contributed by atoms with van der Waals surface area (Å²) in [6, 6.07) is 0.0756. The number of primary amides is 1. The molecule has 1 aliphatic heterocycles. The summed E-state index contributed by atoms with van der Waals surface area (Å²) in [5.41, 5.74) is 5.12. The predicted octanol–water partition coefficient (Wildman–Crippen LogP) is -1.23. The van der Waals surface area contributed by atoms with Crippen LogP contribution in [0, 0.1) is 11.8 Å². The zero-order chi connectivity index (χ0) is 14.0. The number of amides is 2. The summed E-state index contributed by atoms with van der Waals surface area (Å²) in [5.74, 6) is -2.25. The summed E-state index contributed by atoms with van der Waals surface area (Å²) in [6.07, 6.45) is 1.98. The van der Waals surface area contributed by atoms with Crippen LogP contribution >= 0.6 is 0 Å². The summed E-state index contributed by atoms with van der Waals surface area (Å²) < 4.78 is 0. The highest BCUT2D eigenvalue weighted by Crippen LogP contribution is 2.38. The van der Waals surface area contributed by atoms with Crippen LogP contribution in [-0.4, -0.2) is 53.5 Å². The van der Waals surface area contributed by atoms with Crippen LogP contribution < -0.4 is 11.1 Å².